The average Bonchev–Trinajstić information content (AvgIpc) is 2.12. The van der Waals surface area contributed by atoms with E-state index in [0.717, 1.165) is 24.7 Å². The largest absolute Gasteiger partial charge is 0.429 e. The van der Waals surface area contributed by atoms with E-state index in [-0.39, 0.29) is 0 Å². The van der Waals surface area contributed by atoms with Crippen molar-refractivity contribution >= 4 is 17.7 Å². The smallest absolute Gasteiger partial charge is 0.332 e. The first-order valence-electron chi connectivity index (χ1n) is 4.73. The molecule has 0 aliphatic carbocycles. The van der Waals surface area contributed by atoms with E-state index in [1.54, 1.807) is 18.7 Å². The van der Waals surface area contributed by atoms with E-state index in [9.17, 15) is 4.79 Å². The molecule has 0 aromatic rings. The molecule has 1 aliphatic heterocycles. The minimum atomic E-state index is -0.781. The molecule has 0 amide bonds. The summed E-state index contributed by atoms with van der Waals surface area (Å²) in [7, 11) is 0. The maximum Gasteiger partial charge on any atom is 0.332 e. The summed E-state index contributed by atoms with van der Waals surface area (Å²) in [5.74, 6) is 0.585. The van der Waals surface area contributed by atoms with E-state index in [1.165, 1.54) is 0 Å². The van der Waals surface area contributed by atoms with Gasteiger partial charge in [-0.25, -0.2) is 4.79 Å². The van der Waals surface area contributed by atoms with Crippen LogP contribution in [0, 0.1) is 0 Å². The van der Waals surface area contributed by atoms with E-state index in [4.69, 9.17) is 9.47 Å². The van der Waals surface area contributed by atoms with Gasteiger partial charge in [-0.1, -0.05) is 6.58 Å². The number of hydrogen-bond acceptors (Lipinski definition) is 4. The third-order valence-corrected chi connectivity index (χ3v) is 3.24. The molecule has 4 heteroatoms. The number of rotatable bonds is 2. The number of carbonyl (C=O) groups is 1. The van der Waals surface area contributed by atoms with Crippen LogP contribution in [0.1, 0.15) is 19.8 Å². The molecule has 1 saturated heterocycles. The normalized spacial score (nSPS) is 28.6. The van der Waals surface area contributed by atoms with E-state index in [2.05, 4.69) is 6.58 Å². The molecule has 1 heterocycles. The zero-order valence-electron chi connectivity index (χ0n) is 8.45. The molecule has 1 fully saturated rings. The van der Waals surface area contributed by atoms with Gasteiger partial charge in [0.1, 0.15) is 0 Å². The van der Waals surface area contributed by atoms with Crippen LogP contribution in [0.3, 0.4) is 0 Å². The highest BCUT2D eigenvalue weighted by Crippen LogP contribution is 2.23. The van der Waals surface area contributed by atoms with Gasteiger partial charge < -0.3 is 9.47 Å². The number of thioether (sulfide) groups is 1. The monoisotopic (exact) mass is 216 g/mol. The van der Waals surface area contributed by atoms with Crippen LogP contribution < -0.4 is 0 Å². The van der Waals surface area contributed by atoms with Gasteiger partial charge in [0, 0.05) is 13.0 Å². The van der Waals surface area contributed by atoms with Crippen molar-refractivity contribution in [3.05, 3.63) is 12.7 Å². The lowest BCUT2D eigenvalue weighted by atomic mass is 10.3. The number of carbonyl (C=O) groups excluding carboxylic acids is 1. The molecular weight excluding hydrogens is 200 g/mol. The molecule has 0 aromatic heterocycles. The van der Waals surface area contributed by atoms with Gasteiger partial charge in [-0.2, -0.15) is 11.8 Å². The average molecular weight is 216 g/mol. The first-order valence-corrected chi connectivity index (χ1v) is 5.89. The topological polar surface area (TPSA) is 35.5 Å². The molecule has 0 radical (unpaired) electrons. The summed E-state index contributed by atoms with van der Waals surface area (Å²) >= 11 is 1.75. The quantitative estimate of drug-likeness (QED) is 0.522. The lowest BCUT2D eigenvalue weighted by Gasteiger charge is -2.30. The lowest BCUT2D eigenvalue weighted by Crippen LogP contribution is -2.38. The molecule has 1 unspecified atom stereocenters. The lowest BCUT2D eigenvalue weighted by molar-refractivity contribution is -0.209. The van der Waals surface area contributed by atoms with Gasteiger partial charge in [0.15, 0.2) is 0 Å². The molecule has 0 aromatic carbocycles. The van der Waals surface area contributed by atoms with E-state index < -0.39 is 11.8 Å². The SMILES string of the molecule is C=CC(=O)OC1(C)CSCCCCO1. The van der Waals surface area contributed by atoms with Crippen molar-refractivity contribution in [3.63, 3.8) is 0 Å². The Bertz CT molecular complexity index is 207. The number of ether oxygens (including phenoxy) is 2. The van der Waals surface area contributed by atoms with E-state index in [1.807, 2.05) is 0 Å². The van der Waals surface area contributed by atoms with Crippen molar-refractivity contribution in [3.8, 4) is 0 Å². The third kappa shape index (κ3) is 3.72. The number of esters is 1. The first kappa shape index (κ1) is 11.6. The molecule has 0 saturated carbocycles. The van der Waals surface area contributed by atoms with Crippen molar-refractivity contribution in [2.24, 2.45) is 0 Å². The maximum atomic E-state index is 11.1. The third-order valence-electron chi connectivity index (χ3n) is 1.94. The minimum absolute atomic E-state index is 0.423. The summed E-state index contributed by atoms with van der Waals surface area (Å²) in [6, 6.07) is 0. The predicted octanol–water partition coefficient (Wildman–Crippen LogP) is 1.98. The van der Waals surface area contributed by atoms with Crippen LogP contribution in [0.5, 0.6) is 0 Å². The highest BCUT2D eigenvalue weighted by atomic mass is 32.2. The Morgan fingerprint density at radius 1 is 1.64 bits per heavy atom. The first-order chi connectivity index (χ1) is 6.66. The summed E-state index contributed by atoms with van der Waals surface area (Å²) in [5.41, 5.74) is 0. The molecule has 1 rings (SSSR count). The second-order valence-electron chi connectivity index (χ2n) is 3.37. The van der Waals surface area contributed by atoms with Gasteiger partial charge in [0.05, 0.1) is 12.4 Å². The number of hydrogen-bond donors (Lipinski definition) is 0. The summed E-state index contributed by atoms with van der Waals surface area (Å²) in [5, 5.41) is 0. The predicted molar refractivity (Wildman–Crippen MR) is 57.2 cm³/mol. The van der Waals surface area contributed by atoms with Crippen LogP contribution in [0.4, 0.5) is 0 Å². The molecule has 80 valence electrons. The Kier molecular flexibility index (Phi) is 4.48. The molecule has 1 atom stereocenters. The fraction of sp³-hybridized carbons (Fsp3) is 0.700. The van der Waals surface area contributed by atoms with Crippen LogP contribution in [-0.2, 0) is 14.3 Å². The molecule has 1 aliphatic rings. The highest BCUT2D eigenvalue weighted by Gasteiger charge is 2.29. The Morgan fingerprint density at radius 3 is 3.14 bits per heavy atom. The van der Waals surface area contributed by atoms with Crippen LogP contribution in [-0.4, -0.2) is 29.9 Å². The highest BCUT2D eigenvalue weighted by molar-refractivity contribution is 7.99. The van der Waals surface area contributed by atoms with Crippen molar-refractivity contribution in [1.82, 2.24) is 0 Å². The fourth-order valence-corrected chi connectivity index (χ4v) is 2.27. The van der Waals surface area contributed by atoms with Gasteiger partial charge in [0.25, 0.3) is 0 Å². The van der Waals surface area contributed by atoms with Gasteiger partial charge in [-0.3, -0.25) is 0 Å². The van der Waals surface area contributed by atoms with E-state index >= 15 is 0 Å². The Morgan fingerprint density at radius 2 is 2.43 bits per heavy atom. The van der Waals surface area contributed by atoms with Gasteiger partial charge in [0.2, 0.25) is 5.79 Å². The summed E-state index contributed by atoms with van der Waals surface area (Å²) in [4.78, 5) is 11.1. The van der Waals surface area contributed by atoms with Crippen molar-refractivity contribution < 1.29 is 14.3 Å². The van der Waals surface area contributed by atoms with Crippen molar-refractivity contribution in [2.45, 2.75) is 25.6 Å². The molecular formula is C10H16O3S. The maximum absolute atomic E-state index is 11.1. The van der Waals surface area contributed by atoms with Gasteiger partial charge in [-0.15, -0.1) is 0 Å². The second kappa shape index (κ2) is 5.41. The Balaban J connectivity index is 2.49. The standard InChI is InChI=1S/C10H16O3S/c1-3-9(11)13-10(2)8-14-7-5-4-6-12-10/h3H,1,4-8H2,2H3. The van der Waals surface area contributed by atoms with Crippen LogP contribution >= 0.6 is 11.8 Å². The summed E-state index contributed by atoms with van der Waals surface area (Å²) in [6.07, 6.45) is 3.35. The van der Waals surface area contributed by atoms with Crippen molar-refractivity contribution in [2.75, 3.05) is 18.1 Å². The fourth-order valence-electron chi connectivity index (χ4n) is 1.21. The van der Waals surface area contributed by atoms with Crippen molar-refractivity contribution in [1.29, 1.82) is 0 Å². The summed E-state index contributed by atoms with van der Waals surface area (Å²) in [6.45, 7) is 5.81. The van der Waals surface area contributed by atoms with E-state index in [0.29, 0.717) is 12.4 Å². The van der Waals surface area contributed by atoms with Crippen LogP contribution in [0.2, 0.25) is 0 Å². The zero-order chi connectivity index (χ0) is 10.4. The molecule has 0 bridgehead atoms. The Hall–Kier alpha value is -0.480. The molecule has 0 spiro atoms. The van der Waals surface area contributed by atoms with Gasteiger partial charge in [-0.05, 0) is 18.6 Å². The molecule has 3 nitrogen and oxygen atoms in total. The van der Waals surface area contributed by atoms with Crippen LogP contribution in [0.15, 0.2) is 12.7 Å². The zero-order valence-corrected chi connectivity index (χ0v) is 9.27. The Labute approximate surface area is 88.8 Å². The van der Waals surface area contributed by atoms with Crippen LogP contribution in [0.25, 0.3) is 0 Å². The molecule has 14 heavy (non-hydrogen) atoms. The van der Waals surface area contributed by atoms with Gasteiger partial charge >= 0.3 is 5.97 Å². The summed E-state index contributed by atoms with van der Waals surface area (Å²) < 4.78 is 10.7. The minimum Gasteiger partial charge on any atom is -0.429 e. The molecule has 0 N–H and O–H groups in total. The second-order valence-corrected chi connectivity index (χ2v) is 4.47.